The highest BCUT2D eigenvalue weighted by Gasteiger charge is 2.23. The lowest BCUT2D eigenvalue weighted by atomic mass is 10.2. The molecule has 1 aliphatic rings. The molecule has 3 heterocycles. The van der Waals surface area contributed by atoms with Crippen molar-refractivity contribution in [1.82, 2.24) is 20.2 Å². The zero-order valence-electron chi connectivity index (χ0n) is 15.4. The summed E-state index contributed by atoms with van der Waals surface area (Å²) < 4.78 is 0. The first-order chi connectivity index (χ1) is 13.2. The Morgan fingerprint density at radius 2 is 1.93 bits per heavy atom. The molecule has 1 fully saturated rings. The van der Waals surface area contributed by atoms with Crippen LogP contribution >= 0.6 is 11.3 Å². The molecule has 0 atom stereocenters. The van der Waals surface area contributed by atoms with Crippen LogP contribution in [0.2, 0.25) is 0 Å². The first-order valence-corrected chi connectivity index (χ1v) is 10.1. The van der Waals surface area contributed by atoms with Crippen molar-refractivity contribution >= 4 is 33.4 Å². The molecular weight excluding hydrogens is 358 g/mol. The van der Waals surface area contributed by atoms with E-state index >= 15 is 0 Å². The number of nitrogens with zero attached hydrogens (tertiary/aromatic N) is 4. The van der Waals surface area contributed by atoms with E-state index in [9.17, 15) is 4.79 Å². The smallest absolute Gasteiger partial charge is 0.317 e. The first-order valence-electron chi connectivity index (χ1n) is 9.29. The van der Waals surface area contributed by atoms with Gasteiger partial charge in [0.05, 0.1) is 5.39 Å². The molecule has 1 N–H and O–H groups in total. The van der Waals surface area contributed by atoms with Crippen LogP contribution in [0.1, 0.15) is 17.4 Å². The number of fused-ring (bicyclic) bond motifs is 1. The number of hydrogen-bond donors (Lipinski definition) is 1. The van der Waals surface area contributed by atoms with E-state index in [1.807, 2.05) is 35.2 Å². The Morgan fingerprint density at radius 3 is 2.67 bits per heavy atom. The quantitative estimate of drug-likeness (QED) is 0.753. The molecule has 0 saturated carbocycles. The van der Waals surface area contributed by atoms with Gasteiger partial charge in [0, 0.05) is 37.6 Å². The molecule has 6 nitrogen and oxygen atoms in total. The van der Waals surface area contributed by atoms with Gasteiger partial charge in [-0.25, -0.2) is 14.8 Å². The van der Waals surface area contributed by atoms with Crippen molar-refractivity contribution in [3.8, 4) is 0 Å². The number of benzene rings is 1. The van der Waals surface area contributed by atoms with E-state index in [2.05, 4.69) is 33.2 Å². The van der Waals surface area contributed by atoms with Crippen LogP contribution in [-0.4, -0.2) is 47.1 Å². The number of amides is 2. The third kappa shape index (κ3) is 3.88. The third-order valence-corrected chi connectivity index (χ3v) is 6.05. The first kappa shape index (κ1) is 17.7. The Hall–Kier alpha value is -2.67. The highest BCUT2D eigenvalue weighted by atomic mass is 32.1. The maximum Gasteiger partial charge on any atom is 0.317 e. The topological polar surface area (TPSA) is 61.4 Å². The molecule has 1 aliphatic heterocycles. The van der Waals surface area contributed by atoms with E-state index in [-0.39, 0.29) is 6.03 Å². The normalized spacial score (nSPS) is 14.6. The summed E-state index contributed by atoms with van der Waals surface area (Å²) in [6.45, 7) is 5.66. The van der Waals surface area contributed by atoms with Crippen LogP contribution in [0.25, 0.3) is 10.2 Å². The van der Waals surface area contributed by atoms with Crippen molar-refractivity contribution in [3.63, 3.8) is 0 Å². The molecule has 0 bridgehead atoms. The number of carbonyl (C=O) groups is 1. The number of rotatable bonds is 4. The van der Waals surface area contributed by atoms with Gasteiger partial charge >= 0.3 is 6.03 Å². The Labute approximate surface area is 162 Å². The van der Waals surface area contributed by atoms with E-state index in [1.165, 1.54) is 4.88 Å². The van der Waals surface area contributed by atoms with Crippen LogP contribution < -0.4 is 10.2 Å². The van der Waals surface area contributed by atoms with Gasteiger partial charge in [0.2, 0.25) is 0 Å². The van der Waals surface area contributed by atoms with E-state index in [1.54, 1.807) is 17.7 Å². The molecular formula is C20H23N5OS. The van der Waals surface area contributed by atoms with Crippen molar-refractivity contribution in [2.75, 3.05) is 31.1 Å². The number of urea groups is 1. The fraction of sp³-hybridized carbons (Fsp3) is 0.350. The monoisotopic (exact) mass is 381 g/mol. The zero-order valence-corrected chi connectivity index (χ0v) is 16.2. The molecule has 4 rings (SSSR count). The molecule has 3 aromatic rings. The Kier molecular flexibility index (Phi) is 5.20. The van der Waals surface area contributed by atoms with Crippen molar-refractivity contribution in [1.29, 1.82) is 0 Å². The molecule has 0 spiro atoms. The second-order valence-electron chi connectivity index (χ2n) is 6.60. The second kappa shape index (κ2) is 7.92. The molecule has 0 aliphatic carbocycles. The van der Waals surface area contributed by atoms with Crippen LogP contribution in [0.4, 0.5) is 10.6 Å². The highest BCUT2D eigenvalue weighted by molar-refractivity contribution is 7.18. The van der Waals surface area contributed by atoms with Crippen molar-refractivity contribution in [2.45, 2.75) is 19.9 Å². The fourth-order valence-corrected chi connectivity index (χ4v) is 4.26. The van der Waals surface area contributed by atoms with E-state index < -0.39 is 0 Å². The Morgan fingerprint density at radius 1 is 1.15 bits per heavy atom. The number of anilines is 1. The summed E-state index contributed by atoms with van der Waals surface area (Å²) in [4.78, 5) is 27.9. The lowest BCUT2D eigenvalue weighted by Crippen LogP contribution is -2.52. The molecule has 2 amide bonds. The fourth-order valence-electron chi connectivity index (χ4n) is 3.33. The Balaban J connectivity index is 1.37. The average Bonchev–Trinajstić information content (AvgIpc) is 3.16. The van der Waals surface area contributed by atoms with Crippen molar-refractivity contribution < 1.29 is 4.79 Å². The SMILES string of the molecule is CCc1cc2c(N3CCN(C(=O)NCc4ccccc4)CC3)ncnc2s1. The lowest BCUT2D eigenvalue weighted by molar-refractivity contribution is 0.194. The molecule has 7 heteroatoms. The van der Waals surface area contributed by atoms with E-state index in [4.69, 9.17) is 0 Å². The van der Waals surface area contributed by atoms with Crippen molar-refractivity contribution in [2.24, 2.45) is 0 Å². The number of aryl methyl sites for hydroxylation is 1. The molecule has 1 saturated heterocycles. The number of piperazine rings is 1. The predicted molar refractivity (Wildman–Crippen MR) is 109 cm³/mol. The van der Waals surface area contributed by atoms with Gasteiger partial charge in [-0.15, -0.1) is 11.3 Å². The summed E-state index contributed by atoms with van der Waals surface area (Å²) in [5.74, 6) is 0.986. The summed E-state index contributed by atoms with van der Waals surface area (Å²) in [6.07, 6.45) is 2.66. The number of thiophene rings is 1. The Bertz CT molecular complexity index is 919. The summed E-state index contributed by atoms with van der Waals surface area (Å²) in [6, 6.07) is 12.2. The van der Waals surface area contributed by atoms with Gasteiger partial charge in [-0.1, -0.05) is 37.3 Å². The molecule has 140 valence electrons. The van der Waals surface area contributed by atoms with Gasteiger partial charge in [-0.05, 0) is 18.1 Å². The van der Waals surface area contributed by atoms with Gasteiger partial charge in [0.15, 0.2) is 0 Å². The molecule has 27 heavy (non-hydrogen) atoms. The number of hydrogen-bond acceptors (Lipinski definition) is 5. The van der Waals surface area contributed by atoms with Gasteiger partial charge in [0.25, 0.3) is 0 Å². The van der Waals surface area contributed by atoms with Crippen molar-refractivity contribution in [3.05, 3.63) is 53.2 Å². The second-order valence-corrected chi connectivity index (χ2v) is 7.72. The van der Waals surface area contributed by atoms with Gasteiger partial charge in [-0.2, -0.15) is 0 Å². The summed E-state index contributed by atoms with van der Waals surface area (Å²) in [7, 11) is 0. The summed E-state index contributed by atoms with van der Waals surface area (Å²) in [5, 5.41) is 4.13. The molecule has 0 radical (unpaired) electrons. The summed E-state index contributed by atoms with van der Waals surface area (Å²) >= 11 is 1.73. The standard InChI is InChI=1S/C20H23N5OS/c1-2-16-12-17-18(22-14-23-19(17)27-16)24-8-10-25(11-9-24)20(26)21-13-15-6-4-3-5-7-15/h3-7,12,14H,2,8-11,13H2,1H3,(H,21,26). The minimum atomic E-state index is -0.00450. The average molecular weight is 382 g/mol. The highest BCUT2D eigenvalue weighted by Crippen LogP contribution is 2.30. The largest absolute Gasteiger partial charge is 0.352 e. The minimum absolute atomic E-state index is 0.00450. The van der Waals surface area contributed by atoms with Crippen LogP contribution in [0.15, 0.2) is 42.7 Å². The molecule has 2 aromatic heterocycles. The summed E-state index contributed by atoms with van der Waals surface area (Å²) in [5.41, 5.74) is 1.11. The third-order valence-electron chi connectivity index (χ3n) is 4.86. The minimum Gasteiger partial charge on any atom is -0.352 e. The van der Waals surface area contributed by atoms with Crippen LogP contribution in [0.5, 0.6) is 0 Å². The number of nitrogens with one attached hydrogen (secondary N) is 1. The number of carbonyl (C=O) groups excluding carboxylic acids is 1. The predicted octanol–water partition coefficient (Wildman–Crippen LogP) is 3.29. The van der Waals surface area contributed by atoms with Gasteiger partial charge < -0.3 is 15.1 Å². The van der Waals surface area contributed by atoms with Crippen LogP contribution in [-0.2, 0) is 13.0 Å². The number of aromatic nitrogens is 2. The van der Waals surface area contributed by atoms with Gasteiger partial charge in [-0.3, -0.25) is 0 Å². The maximum absolute atomic E-state index is 12.4. The lowest BCUT2D eigenvalue weighted by Gasteiger charge is -2.35. The van der Waals surface area contributed by atoms with E-state index in [0.29, 0.717) is 19.6 Å². The zero-order chi connectivity index (χ0) is 18.6. The van der Waals surface area contributed by atoms with Crippen LogP contribution in [0.3, 0.4) is 0 Å². The molecule has 0 unspecified atom stereocenters. The maximum atomic E-state index is 12.4. The van der Waals surface area contributed by atoms with E-state index in [0.717, 1.165) is 41.1 Å². The van der Waals surface area contributed by atoms with Crippen LogP contribution in [0, 0.1) is 0 Å². The van der Waals surface area contributed by atoms with Gasteiger partial charge in [0.1, 0.15) is 17.0 Å². The molecule has 1 aromatic carbocycles.